The number of aromatic nitrogens is 1. The van der Waals surface area contributed by atoms with Crippen LogP contribution >= 0.6 is 11.3 Å². The maximum Gasteiger partial charge on any atom is 0.263 e. The zero-order valence-corrected chi connectivity index (χ0v) is 9.23. The van der Waals surface area contributed by atoms with Gasteiger partial charge >= 0.3 is 0 Å². The minimum atomic E-state index is -0.0673. The molecule has 0 saturated carbocycles. The third kappa shape index (κ3) is 2.52. The third-order valence-corrected chi connectivity index (χ3v) is 2.99. The van der Waals surface area contributed by atoms with Crippen LogP contribution in [0.4, 0.5) is 0 Å². The van der Waals surface area contributed by atoms with E-state index >= 15 is 0 Å². The van der Waals surface area contributed by atoms with Gasteiger partial charge in [-0.05, 0) is 13.3 Å². The zero-order valence-electron chi connectivity index (χ0n) is 8.41. The van der Waals surface area contributed by atoms with Crippen LogP contribution in [0.5, 0.6) is 0 Å². The Labute approximate surface area is 87.5 Å². The van der Waals surface area contributed by atoms with Gasteiger partial charge in [-0.3, -0.25) is 4.79 Å². The molecule has 1 aromatic heterocycles. The number of hydrogen-bond acceptors (Lipinski definition) is 4. The highest BCUT2D eigenvalue weighted by Crippen LogP contribution is 2.11. The summed E-state index contributed by atoms with van der Waals surface area (Å²) in [7, 11) is 0. The minimum Gasteiger partial charge on any atom is -0.347 e. The van der Waals surface area contributed by atoms with Crippen LogP contribution in [0.3, 0.4) is 0 Å². The van der Waals surface area contributed by atoms with Crippen LogP contribution in [0.15, 0.2) is 5.51 Å². The van der Waals surface area contributed by atoms with Crippen molar-refractivity contribution in [2.45, 2.75) is 26.3 Å². The van der Waals surface area contributed by atoms with E-state index < -0.39 is 0 Å². The fraction of sp³-hybridized carbons (Fsp3) is 0.556. The molecule has 0 aliphatic heterocycles. The molecular formula is C9H15N3OS. The highest BCUT2D eigenvalue weighted by Gasteiger charge is 2.14. The second-order valence-corrected chi connectivity index (χ2v) is 3.94. The summed E-state index contributed by atoms with van der Waals surface area (Å²) in [6, 6.07) is 0.0593. The van der Waals surface area contributed by atoms with Gasteiger partial charge < -0.3 is 11.1 Å². The molecule has 78 valence electrons. The SMILES string of the molecule is CCC(CN)NC(=O)c1scnc1C. The Morgan fingerprint density at radius 3 is 2.93 bits per heavy atom. The number of carbonyl (C=O) groups is 1. The molecule has 0 radical (unpaired) electrons. The van der Waals surface area contributed by atoms with E-state index in [1.54, 1.807) is 5.51 Å². The smallest absolute Gasteiger partial charge is 0.263 e. The first-order valence-electron chi connectivity index (χ1n) is 4.60. The van der Waals surface area contributed by atoms with Crippen molar-refractivity contribution in [1.82, 2.24) is 10.3 Å². The van der Waals surface area contributed by atoms with Crippen molar-refractivity contribution >= 4 is 17.2 Å². The van der Waals surface area contributed by atoms with Crippen molar-refractivity contribution in [3.63, 3.8) is 0 Å². The van der Waals surface area contributed by atoms with E-state index in [2.05, 4.69) is 10.3 Å². The van der Waals surface area contributed by atoms with Crippen LogP contribution in [-0.4, -0.2) is 23.5 Å². The van der Waals surface area contributed by atoms with Gasteiger partial charge in [0, 0.05) is 12.6 Å². The predicted octanol–water partition coefficient (Wildman–Crippen LogP) is 0.919. The summed E-state index contributed by atoms with van der Waals surface area (Å²) < 4.78 is 0. The summed E-state index contributed by atoms with van der Waals surface area (Å²) in [6.07, 6.45) is 0.847. The number of rotatable bonds is 4. The van der Waals surface area contributed by atoms with Crippen molar-refractivity contribution in [3.05, 3.63) is 16.1 Å². The average molecular weight is 213 g/mol. The molecule has 0 spiro atoms. The molecule has 0 aliphatic rings. The molecule has 5 heteroatoms. The Hall–Kier alpha value is -0.940. The number of aryl methyl sites for hydroxylation is 1. The normalized spacial score (nSPS) is 12.5. The van der Waals surface area contributed by atoms with Crippen molar-refractivity contribution in [2.24, 2.45) is 5.73 Å². The van der Waals surface area contributed by atoms with Crippen molar-refractivity contribution in [2.75, 3.05) is 6.54 Å². The van der Waals surface area contributed by atoms with Crippen molar-refractivity contribution in [3.8, 4) is 0 Å². The maximum absolute atomic E-state index is 11.7. The summed E-state index contributed by atoms with van der Waals surface area (Å²) >= 11 is 1.36. The van der Waals surface area contributed by atoms with Gasteiger partial charge in [-0.25, -0.2) is 4.98 Å². The van der Waals surface area contributed by atoms with Gasteiger partial charge in [-0.1, -0.05) is 6.92 Å². The number of hydrogen-bond donors (Lipinski definition) is 2. The molecule has 1 unspecified atom stereocenters. The second-order valence-electron chi connectivity index (χ2n) is 3.08. The summed E-state index contributed by atoms with van der Waals surface area (Å²) in [5.41, 5.74) is 7.95. The fourth-order valence-corrected chi connectivity index (χ4v) is 1.80. The quantitative estimate of drug-likeness (QED) is 0.781. The Morgan fingerprint density at radius 2 is 2.50 bits per heavy atom. The summed E-state index contributed by atoms with van der Waals surface area (Å²) in [5, 5.41) is 2.87. The van der Waals surface area contributed by atoms with E-state index in [0.717, 1.165) is 12.1 Å². The Morgan fingerprint density at radius 1 is 1.79 bits per heavy atom. The number of thiazole rings is 1. The van der Waals surface area contributed by atoms with Crippen LogP contribution in [0.25, 0.3) is 0 Å². The average Bonchev–Trinajstić information content (AvgIpc) is 2.60. The lowest BCUT2D eigenvalue weighted by molar-refractivity contribution is 0.0940. The summed E-state index contributed by atoms with van der Waals surface area (Å²) in [5.74, 6) is -0.0673. The Balaban J connectivity index is 2.63. The maximum atomic E-state index is 11.7. The number of nitrogens with one attached hydrogen (secondary N) is 1. The van der Waals surface area contributed by atoms with Gasteiger partial charge in [-0.15, -0.1) is 11.3 Å². The molecule has 1 rings (SSSR count). The first-order chi connectivity index (χ1) is 6.69. The molecule has 0 bridgehead atoms. The Kier molecular flexibility index (Phi) is 4.03. The number of nitrogens with two attached hydrogens (primary N) is 1. The molecule has 14 heavy (non-hydrogen) atoms. The number of carbonyl (C=O) groups excluding carboxylic acids is 1. The van der Waals surface area contributed by atoms with Gasteiger partial charge in [-0.2, -0.15) is 0 Å². The molecule has 1 atom stereocenters. The van der Waals surface area contributed by atoms with E-state index in [9.17, 15) is 4.79 Å². The Bertz CT molecular complexity index is 307. The largest absolute Gasteiger partial charge is 0.347 e. The van der Waals surface area contributed by atoms with E-state index in [1.807, 2.05) is 13.8 Å². The molecule has 0 fully saturated rings. The van der Waals surface area contributed by atoms with Crippen LogP contribution in [-0.2, 0) is 0 Å². The van der Waals surface area contributed by atoms with E-state index in [-0.39, 0.29) is 11.9 Å². The van der Waals surface area contributed by atoms with Crippen LogP contribution in [0, 0.1) is 6.92 Å². The number of amides is 1. The first kappa shape index (κ1) is 11.1. The highest BCUT2D eigenvalue weighted by atomic mass is 32.1. The predicted molar refractivity (Wildman–Crippen MR) is 57.5 cm³/mol. The highest BCUT2D eigenvalue weighted by molar-refractivity contribution is 7.11. The topological polar surface area (TPSA) is 68.0 Å². The van der Waals surface area contributed by atoms with Gasteiger partial charge in [0.1, 0.15) is 4.88 Å². The van der Waals surface area contributed by atoms with Crippen LogP contribution < -0.4 is 11.1 Å². The lowest BCUT2D eigenvalue weighted by Gasteiger charge is -2.13. The molecular weight excluding hydrogens is 198 g/mol. The summed E-state index contributed by atoms with van der Waals surface area (Å²) in [6.45, 7) is 4.30. The minimum absolute atomic E-state index is 0.0593. The lowest BCUT2D eigenvalue weighted by Crippen LogP contribution is -2.39. The molecule has 1 heterocycles. The molecule has 3 N–H and O–H groups in total. The van der Waals surface area contributed by atoms with E-state index in [0.29, 0.717) is 11.4 Å². The van der Waals surface area contributed by atoms with Crippen LogP contribution in [0.2, 0.25) is 0 Å². The van der Waals surface area contributed by atoms with Gasteiger partial charge in [0.15, 0.2) is 0 Å². The molecule has 0 aliphatic carbocycles. The molecule has 0 saturated heterocycles. The second kappa shape index (κ2) is 5.07. The first-order valence-corrected chi connectivity index (χ1v) is 5.48. The number of nitrogens with zero attached hydrogens (tertiary/aromatic N) is 1. The molecule has 0 aromatic carbocycles. The monoisotopic (exact) mass is 213 g/mol. The van der Waals surface area contributed by atoms with Crippen LogP contribution in [0.1, 0.15) is 28.7 Å². The molecule has 4 nitrogen and oxygen atoms in total. The van der Waals surface area contributed by atoms with E-state index in [1.165, 1.54) is 11.3 Å². The van der Waals surface area contributed by atoms with Crippen molar-refractivity contribution in [1.29, 1.82) is 0 Å². The van der Waals surface area contributed by atoms with E-state index in [4.69, 9.17) is 5.73 Å². The fourth-order valence-electron chi connectivity index (χ4n) is 1.10. The molecule has 1 aromatic rings. The van der Waals surface area contributed by atoms with Gasteiger partial charge in [0.25, 0.3) is 5.91 Å². The third-order valence-electron chi connectivity index (χ3n) is 2.06. The van der Waals surface area contributed by atoms with Gasteiger partial charge in [0.2, 0.25) is 0 Å². The zero-order chi connectivity index (χ0) is 10.6. The lowest BCUT2D eigenvalue weighted by atomic mass is 10.2. The molecule has 1 amide bonds. The van der Waals surface area contributed by atoms with Crippen molar-refractivity contribution < 1.29 is 4.79 Å². The summed E-state index contributed by atoms with van der Waals surface area (Å²) in [4.78, 5) is 16.4. The van der Waals surface area contributed by atoms with Gasteiger partial charge in [0.05, 0.1) is 11.2 Å². The standard InChI is InChI=1S/C9H15N3OS/c1-3-7(4-10)12-9(13)8-6(2)11-5-14-8/h5,7H,3-4,10H2,1-2H3,(H,12,13).